The highest BCUT2D eigenvalue weighted by Gasteiger charge is 2.26. The van der Waals surface area contributed by atoms with E-state index in [4.69, 9.17) is 10.5 Å². The number of aromatic nitrogens is 3. The molecule has 3 heterocycles. The highest BCUT2D eigenvalue weighted by Crippen LogP contribution is 2.23. The van der Waals surface area contributed by atoms with Gasteiger partial charge in [0.1, 0.15) is 5.49 Å². The number of benzene rings is 1. The van der Waals surface area contributed by atoms with Crippen molar-refractivity contribution in [1.29, 1.82) is 5.41 Å². The number of carbonyl (C=O) groups is 1. The van der Waals surface area contributed by atoms with Crippen LogP contribution in [0, 0.1) is 25.2 Å². The summed E-state index contributed by atoms with van der Waals surface area (Å²) in [5.74, 6) is 0.776. The van der Waals surface area contributed by atoms with Crippen molar-refractivity contribution in [2.75, 3.05) is 13.1 Å². The van der Waals surface area contributed by atoms with Crippen molar-refractivity contribution in [2.24, 2.45) is 5.92 Å². The number of aryl methyl sites for hydroxylation is 1. The summed E-state index contributed by atoms with van der Waals surface area (Å²) in [6.07, 6.45) is 5.19. The van der Waals surface area contributed by atoms with E-state index in [1.165, 1.54) is 5.56 Å². The van der Waals surface area contributed by atoms with Gasteiger partial charge in [0.25, 0.3) is 0 Å². The Kier molecular flexibility index (Phi) is 6.63. The van der Waals surface area contributed by atoms with Crippen molar-refractivity contribution in [1.82, 2.24) is 19.2 Å². The molecule has 1 N–H and O–H groups in total. The van der Waals surface area contributed by atoms with Gasteiger partial charge in [-0.25, -0.2) is 4.68 Å². The Morgan fingerprint density at radius 2 is 1.94 bits per heavy atom. The van der Waals surface area contributed by atoms with Gasteiger partial charge in [0.15, 0.2) is 0 Å². The molecule has 172 valence electrons. The van der Waals surface area contributed by atoms with Crippen LogP contribution in [0.15, 0.2) is 55.2 Å². The first-order valence-corrected chi connectivity index (χ1v) is 11.6. The lowest BCUT2D eigenvalue weighted by Crippen LogP contribution is -2.29. The van der Waals surface area contributed by atoms with Crippen LogP contribution >= 0.6 is 0 Å². The third-order valence-corrected chi connectivity index (χ3v) is 6.62. The first-order valence-electron chi connectivity index (χ1n) is 11.6. The molecule has 4 rings (SSSR count). The Bertz CT molecular complexity index is 1220. The largest absolute Gasteiger partial charge is 0.342 e. The van der Waals surface area contributed by atoms with Crippen LogP contribution in [0.3, 0.4) is 0 Å². The van der Waals surface area contributed by atoms with Gasteiger partial charge >= 0.3 is 0 Å². The van der Waals surface area contributed by atoms with E-state index in [1.54, 1.807) is 10.6 Å². The average Bonchev–Trinajstić information content (AvgIpc) is 3.37. The summed E-state index contributed by atoms with van der Waals surface area (Å²) < 4.78 is 3.65. The van der Waals surface area contributed by atoms with Crippen LogP contribution in [-0.2, 0) is 17.6 Å². The summed E-state index contributed by atoms with van der Waals surface area (Å²) in [4.78, 5) is 15.0. The topological polar surface area (TPSA) is 66.9 Å². The predicted molar refractivity (Wildman–Crippen MR) is 131 cm³/mol. The minimum absolute atomic E-state index is 0.232. The van der Waals surface area contributed by atoms with Gasteiger partial charge in [-0.05, 0) is 69.2 Å². The van der Waals surface area contributed by atoms with Crippen LogP contribution in [0.4, 0.5) is 0 Å². The molecule has 1 saturated heterocycles. The molecule has 1 amide bonds. The summed E-state index contributed by atoms with van der Waals surface area (Å²) in [5, 5.41) is 12.8. The zero-order chi connectivity index (χ0) is 23.5. The number of hydrogen-bond donors (Lipinski definition) is 1. The van der Waals surface area contributed by atoms with Gasteiger partial charge in [-0.2, -0.15) is 5.10 Å². The standard InChI is InChI=1S/C27H33N5O/c1-19(2)31-18-24(10-12-26(31)28)32-21(4)25(20(3)29-32)11-13-27(33)30-15-14-23(17-30)16-22-8-6-5-7-9-22/h5-10,12,18,23,28H,1,11,13-17H2,2-4H3. The number of pyridine rings is 1. The molecule has 33 heavy (non-hydrogen) atoms. The molecule has 1 aliphatic rings. The van der Waals surface area contributed by atoms with E-state index < -0.39 is 0 Å². The Morgan fingerprint density at radius 1 is 1.18 bits per heavy atom. The Labute approximate surface area is 195 Å². The summed E-state index contributed by atoms with van der Waals surface area (Å²) in [6.45, 7) is 11.6. The van der Waals surface area contributed by atoms with Crippen molar-refractivity contribution in [2.45, 2.75) is 46.5 Å². The molecular weight excluding hydrogens is 410 g/mol. The summed E-state index contributed by atoms with van der Waals surface area (Å²) in [5.41, 5.74) is 6.51. The monoisotopic (exact) mass is 443 g/mol. The summed E-state index contributed by atoms with van der Waals surface area (Å²) in [7, 11) is 0. The first kappa shape index (κ1) is 22.8. The van der Waals surface area contributed by atoms with Crippen LogP contribution in [-0.4, -0.2) is 38.2 Å². The maximum atomic E-state index is 12.9. The van der Waals surface area contributed by atoms with Crippen molar-refractivity contribution in [3.05, 3.63) is 83.2 Å². The molecule has 3 aromatic rings. The van der Waals surface area contributed by atoms with Crippen LogP contribution < -0.4 is 5.49 Å². The van der Waals surface area contributed by atoms with E-state index in [9.17, 15) is 4.79 Å². The van der Waals surface area contributed by atoms with Gasteiger partial charge in [0.05, 0.1) is 11.4 Å². The van der Waals surface area contributed by atoms with Crippen LogP contribution in [0.1, 0.15) is 42.3 Å². The number of amides is 1. The second-order valence-electron chi connectivity index (χ2n) is 9.12. The molecule has 0 bridgehead atoms. The van der Waals surface area contributed by atoms with Crippen molar-refractivity contribution >= 4 is 11.6 Å². The van der Waals surface area contributed by atoms with Crippen molar-refractivity contribution in [3.63, 3.8) is 0 Å². The van der Waals surface area contributed by atoms with Crippen LogP contribution in [0.5, 0.6) is 0 Å². The van der Waals surface area contributed by atoms with Crippen molar-refractivity contribution in [3.8, 4) is 5.69 Å². The van der Waals surface area contributed by atoms with Crippen LogP contribution in [0.25, 0.3) is 11.4 Å². The van der Waals surface area contributed by atoms with Gasteiger partial charge in [0.2, 0.25) is 5.91 Å². The fourth-order valence-corrected chi connectivity index (χ4v) is 4.78. The molecule has 1 fully saturated rings. The molecular formula is C27H33N5O. The van der Waals surface area contributed by atoms with E-state index in [0.29, 0.717) is 24.2 Å². The minimum atomic E-state index is 0.232. The zero-order valence-electron chi connectivity index (χ0n) is 19.8. The fraction of sp³-hybridized carbons (Fsp3) is 0.370. The lowest BCUT2D eigenvalue weighted by Gasteiger charge is -2.17. The van der Waals surface area contributed by atoms with E-state index in [1.807, 2.05) is 48.7 Å². The predicted octanol–water partition coefficient (Wildman–Crippen LogP) is 4.28. The lowest BCUT2D eigenvalue weighted by atomic mass is 9.99. The number of rotatable bonds is 7. The molecule has 0 saturated carbocycles. The highest BCUT2D eigenvalue weighted by atomic mass is 16.2. The zero-order valence-corrected chi connectivity index (χ0v) is 19.8. The minimum Gasteiger partial charge on any atom is -0.342 e. The first-order chi connectivity index (χ1) is 15.8. The second-order valence-corrected chi connectivity index (χ2v) is 9.12. The number of allylic oxidation sites excluding steroid dienone is 1. The van der Waals surface area contributed by atoms with Gasteiger partial charge in [-0.3, -0.25) is 10.2 Å². The van der Waals surface area contributed by atoms with Gasteiger partial charge in [-0.1, -0.05) is 36.9 Å². The number of hydrogen-bond acceptors (Lipinski definition) is 3. The molecule has 2 aromatic heterocycles. The maximum Gasteiger partial charge on any atom is 0.222 e. The highest BCUT2D eigenvalue weighted by molar-refractivity contribution is 5.76. The normalized spacial score (nSPS) is 15.7. The molecule has 1 unspecified atom stereocenters. The van der Waals surface area contributed by atoms with Gasteiger partial charge in [0, 0.05) is 37.1 Å². The third-order valence-electron chi connectivity index (χ3n) is 6.62. The Balaban J connectivity index is 1.41. The number of likely N-dealkylation sites (tertiary alicyclic amines) is 1. The Hall–Kier alpha value is -3.41. The van der Waals surface area contributed by atoms with Gasteiger partial charge < -0.3 is 9.47 Å². The quantitative estimate of drug-likeness (QED) is 0.592. The lowest BCUT2D eigenvalue weighted by molar-refractivity contribution is -0.130. The molecule has 1 aliphatic heterocycles. The fourth-order valence-electron chi connectivity index (χ4n) is 4.78. The van der Waals surface area contributed by atoms with Crippen molar-refractivity contribution < 1.29 is 4.79 Å². The van der Waals surface area contributed by atoms with E-state index in [-0.39, 0.29) is 5.91 Å². The number of nitrogens with zero attached hydrogens (tertiary/aromatic N) is 4. The molecule has 1 atom stereocenters. The summed E-state index contributed by atoms with van der Waals surface area (Å²) in [6, 6.07) is 14.2. The van der Waals surface area contributed by atoms with E-state index >= 15 is 0 Å². The molecule has 0 aliphatic carbocycles. The SMILES string of the molecule is C=C(C)n1cc(-n2nc(C)c(CCC(=O)N3CCC(Cc4ccccc4)C3)c2C)ccc1=N. The number of carbonyl (C=O) groups excluding carboxylic acids is 1. The molecule has 6 nitrogen and oxygen atoms in total. The van der Waals surface area contributed by atoms with E-state index in [0.717, 1.165) is 54.3 Å². The second kappa shape index (κ2) is 9.61. The summed E-state index contributed by atoms with van der Waals surface area (Å²) >= 11 is 0. The van der Waals surface area contributed by atoms with Crippen LogP contribution in [0.2, 0.25) is 0 Å². The Morgan fingerprint density at radius 3 is 2.67 bits per heavy atom. The average molecular weight is 444 g/mol. The van der Waals surface area contributed by atoms with E-state index in [2.05, 4.69) is 30.8 Å². The molecule has 0 radical (unpaired) electrons. The third kappa shape index (κ3) is 5.00. The number of nitrogens with one attached hydrogen (secondary N) is 1. The molecule has 6 heteroatoms. The smallest absolute Gasteiger partial charge is 0.222 e. The molecule has 1 aromatic carbocycles. The molecule has 0 spiro atoms. The van der Waals surface area contributed by atoms with Gasteiger partial charge in [-0.15, -0.1) is 0 Å². The maximum absolute atomic E-state index is 12.9.